The van der Waals surface area contributed by atoms with Crippen molar-refractivity contribution in [3.8, 4) is 11.4 Å². The molecule has 1 aliphatic heterocycles. The molecule has 0 saturated carbocycles. The van der Waals surface area contributed by atoms with Crippen molar-refractivity contribution in [3.63, 3.8) is 0 Å². The van der Waals surface area contributed by atoms with E-state index in [1.807, 2.05) is 13.1 Å². The average Bonchev–Trinajstić information content (AvgIpc) is 3.03. The Balaban J connectivity index is 1.82. The van der Waals surface area contributed by atoms with E-state index >= 15 is 0 Å². The van der Waals surface area contributed by atoms with Crippen LogP contribution in [0.2, 0.25) is 0 Å². The molecule has 1 unspecified atom stereocenters. The lowest BCUT2D eigenvalue weighted by Crippen LogP contribution is -2.29. The van der Waals surface area contributed by atoms with Crippen LogP contribution in [0.15, 0.2) is 17.1 Å². The summed E-state index contributed by atoms with van der Waals surface area (Å²) in [5, 5.41) is 3.40. The van der Waals surface area contributed by atoms with Gasteiger partial charge in [0, 0.05) is 36.0 Å². The molecule has 5 nitrogen and oxygen atoms in total. The van der Waals surface area contributed by atoms with Crippen LogP contribution in [0.5, 0.6) is 0 Å². The number of hydrogen-bond donors (Lipinski definition) is 2. The van der Waals surface area contributed by atoms with E-state index in [4.69, 9.17) is 4.98 Å². The van der Waals surface area contributed by atoms with E-state index in [-0.39, 0.29) is 5.56 Å². The van der Waals surface area contributed by atoms with Crippen LogP contribution in [0.3, 0.4) is 0 Å². The van der Waals surface area contributed by atoms with Gasteiger partial charge in [0.05, 0.1) is 5.69 Å². The minimum atomic E-state index is -0.0643. The van der Waals surface area contributed by atoms with Gasteiger partial charge in [0.25, 0.3) is 5.56 Å². The van der Waals surface area contributed by atoms with Crippen molar-refractivity contribution in [2.45, 2.75) is 44.9 Å². The Kier molecular flexibility index (Phi) is 3.73. The normalized spacial score (nSPS) is 20.5. The first-order valence-electron chi connectivity index (χ1n) is 8.52. The fraction of sp³-hybridized carbons (Fsp3) is 0.500. The summed E-state index contributed by atoms with van der Waals surface area (Å²) in [5.74, 6) is 1.02. The first-order valence-corrected chi connectivity index (χ1v) is 8.52. The lowest BCUT2D eigenvalue weighted by atomic mass is 9.95. The number of rotatable bonds is 2. The molecule has 2 aliphatic rings. The molecule has 4 rings (SSSR count). The highest BCUT2D eigenvalue weighted by atomic mass is 16.1. The average molecular weight is 310 g/mol. The van der Waals surface area contributed by atoms with Crippen LogP contribution >= 0.6 is 0 Å². The Morgan fingerprint density at radius 3 is 3.00 bits per heavy atom. The molecule has 0 aromatic carbocycles. The third kappa shape index (κ3) is 2.70. The number of H-pyrrole nitrogens is 1. The highest BCUT2D eigenvalue weighted by Gasteiger charge is 2.22. The van der Waals surface area contributed by atoms with Crippen LogP contribution in [-0.4, -0.2) is 28.0 Å². The molecule has 0 spiro atoms. The number of fused-ring (bicyclic) bond motifs is 1. The van der Waals surface area contributed by atoms with Crippen LogP contribution < -0.4 is 10.9 Å². The molecule has 0 amide bonds. The molecule has 5 heteroatoms. The fourth-order valence-corrected chi connectivity index (χ4v) is 3.88. The lowest BCUT2D eigenvalue weighted by molar-refractivity contribution is 0.454. The minimum absolute atomic E-state index is 0.0643. The Bertz CT molecular complexity index is 790. The summed E-state index contributed by atoms with van der Waals surface area (Å²) in [6.07, 6.45) is 7.49. The Morgan fingerprint density at radius 2 is 2.17 bits per heavy atom. The van der Waals surface area contributed by atoms with Crippen molar-refractivity contribution in [1.82, 2.24) is 20.3 Å². The molecule has 1 saturated heterocycles. The van der Waals surface area contributed by atoms with Crippen molar-refractivity contribution in [3.05, 3.63) is 45.1 Å². The summed E-state index contributed by atoms with van der Waals surface area (Å²) in [4.78, 5) is 24.5. The second kappa shape index (κ2) is 5.89. The van der Waals surface area contributed by atoms with E-state index in [1.165, 1.54) is 11.1 Å². The molecule has 120 valence electrons. The SMILES string of the molecule is Cc1ncc2c(c1-c1nc(C3CCCNC3)cc(=O)[nH]1)CCC2. The van der Waals surface area contributed by atoms with Crippen LogP contribution in [0.4, 0.5) is 0 Å². The first kappa shape index (κ1) is 14.6. The lowest BCUT2D eigenvalue weighted by Gasteiger charge is -2.22. The zero-order valence-corrected chi connectivity index (χ0v) is 13.5. The predicted molar refractivity (Wildman–Crippen MR) is 89.7 cm³/mol. The second-order valence-corrected chi connectivity index (χ2v) is 6.64. The van der Waals surface area contributed by atoms with Gasteiger partial charge in [0.1, 0.15) is 5.82 Å². The van der Waals surface area contributed by atoms with Crippen LogP contribution in [0, 0.1) is 6.92 Å². The van der Waals surface area contributed by atoms with Crippen LogP contribution in [-0.2, 0) is 12.8 Å². The molecule has 0 bridgehead atoms. The van der Waals surface area contributed by atoms with Gasteiger partial charge in [0.2, 0.25) is 0 Å². The van der Waals surface area contributed by atoms with Gasteiger partial charge in [-0.25, -0.2) is 4.98 Å². The molecule has 1 fully saturated rings. The molecular formula is C18H22N4O. The van der Waals surface area contributed by atoms with E-state index in [0.29, 0.717) is 11.7 Å². The monoisotopic (exact) mass is 310 g/mol. The number of aromatic nitrogens is 3. The smallest absolute Gasteiger partial charge is 0.251 e. The quantitative estimate of drug-likeness (QED) is 0.891. The molecule has 23 heavy (non-hydrogen) atoms. The van der Waals surface area contributed by atoms with Gasteiger partial charge < -0.3 is 10.3 Å². The zero-order chi connectivity index (χ0) is 15.8. The van der Waals surface area contributed by atoms with E-state index in [2.05, 4.69) is 15.3 Å². The Labute approximate surface area is 135 Å². The van der Waals surface area contributed by atoms with Crippen molar-refractivity contribution in [2.75, 3.05) is 13.1 Å². The summed E-state index contributed by atoms with van der Waals surface area (Å²) in [5.41, 5.74) is 5.46. The largest absolute Gasteiger partial charge is 0.316 e. The van der Waals surface area contributed by atoms with Gasteiger partial charge in [-0.3, -0.25) is 9.78 Å². The summed E-state index contributed by atoms with van der Waals surface area (Å²) >= 11 is 0. The van der Waals surface area contributed by atoms with Crippen molar-refractivity contribution in [1.29, 1.82) is 0 Å². The minimum Gasteiger partial charge on any atom is -0.316 e. The number of piperidine rings is 1. The van der Waals surface area contributed by atoms with E-state index in [9.17, 15) is 4.79 Å². The standard InChI is InChI=1S/C18H22N4O/c1-11-17(14-6-2-4-12(14)10-20-11)18-21-15(8-16(23)22-18)13-5-3-7-19-9-13/h8,10,13,19H,2-7,9H2,1H3,(H,21,22,23). The van der Waals surface area contributed by atoms with Gasteiger partial charge in [-0.1, -0.05) is 0 Å². The van der Waals surface area contributed by atoms with Crippen molar-refractivity contribution < 1.29 is 0 Å². The number of aromatic amines is 1. The summed E-state index contributed by atoms with van der Waals surface area (Å²) in [6.45, 7) is 3.96. The van der Waals surface area contributed by atoms with Gasteiger partial charge in [-0.2, -0.15) is 0 Å². The number of nitrogens with one attached hydrogen (secondary N) is 2. The van der Waals surface area contributed by atoms with Crippen LogP contribution in [0.1, 0.15) is 47.7 Å². The van der Waals surface area contributed by atoms with Gasteiger partial charge in [-0.15, -0.1) is 0 Å². The van der Waals surface area contributed by atoms with Crippen LogP contribution in [0.25, 0.3) is 11.4 Å². The molecule has 3 heterocycles. The maximum Gasteiger partial charge on any atom is 0.251 e. The summed E-state index contributed by atoms with van der Waals surface area (Å²) in [6, 6.07) is 1.66. The number of pyridine rings is 1. The van der Waals surface area contributed by atoms with Crippen molar-refractivity contribution in [2.24, 2.45) is 0 Å². The molecule has 0 radical (unpaired) electrons. The number of nitrogens with zero attached hydrogens (tertiary/aromatic N) is 2. The summed E-state index contributed by atoms with van der Waals surface area (Å²) < 4.78 is 0. The predicted octanol–water partition coefficient (Wildman–Crippen LogP) is 2.10. The number of aryl methyl sites for hydroxylation is 2. The third-order valence-corrected chi connectivity index (χ3v) is 5.05. The van der Waals surface area contributed by atoms with E-state index < -0.39 is 0 Å². The topological polar surface area (TPSA) is 70.7 Å². The molecule has 2 aromatic rings. The number of hydrogen-bond acceptors (Lipinski definition) is 4. The molecule has 2 N–H and O–H groups in total. The first-order chi connectivity index (χ1) is 11.2. The molecule has 1 atom stereocenters. The Hall–Kier alpha value is -2.01. The van der Waals surface area contributed by atoms with Gasteiger partial charge in [0.15, 0.2) is 0 Å². The van der Waals surface area contributed by atoms with E-state index in [0.717, 1.165) is 62.1 Å². The zero-order valence-electron chi connectivity index (χ0n) is 13.5. The summed E-state index contributed by atoms with van der Waals surface area (Å²) in [7, 11) is 0. The fourth-order valence-electron chi connectivity index (χ4n) is 3.88. The van der Waals surface area contributed by atoms with Gasteiger partial charge in [-0.05, 0) is 56.7 Å². The third-order valence-electron chi connectivity index (χ3n) is 5.05. The molecule has 1 aliphatic carbocycles. The molecule has 2 aromatic heterocycles. The highest BCUT2D eigenvalue weighted by Crippen LogP contribution is 2.32. The van der Waals surface area contributed by atoms with E-state index in [1.54, 1.807) is 6.07 Å². The Morgan fingerprint density at radius 1 is 1.26 bits per heavy atom. The highest BCUT2D eigenvalue weighted by molar-refractivity contribution is 5.65. The van der Waals surface area contributed by atoms with Crippen molar-refractivity contribution >= 4 is 0 Å². The maximum atomic E-state index is 12.2. The molecular weight excluding hydrogens is 288 g/mol. The van der Waals surface area contributed by atoms with Gasteiger partial charge >= 0.3 is 0 Å². The second-order valence-electron chi connectivity index (χ2n) is 6.64. The maximum absolute atomic E-state index is 12.2.